The van der Waals surface area contributed by atoms with E-state index in [2.05, 4.69) is 36.2 Å². The Bertz CT molecular complexity index is 967. The highest BCUT2D eigenvalue weighted by Gasteiger charge is 2.16. The van der Waals surface area contributed by atoms with Crippen LogP contribution >= 0.6 is 0 Å². The van der Waals surface area contributed by atoms with Crippen molar-refractivity contribution in [2.45, 2.75) is 6.54 Å². The number of aromatic nitrogens is 5. The number of carbonyl (C=O) groups excluding carboxylic acids is 1. The number of nitrogens with two attached hydrogens (primary N) is 1. The summed E-state index contributed by atoms with van der Waals surface area (Å²) >= 11 is 0. The number of hydrogen-bond acceptors (Lipinski definition) is 9. The van der Waals surface area contributed by atoms with Gasteiger partial charge in [0, 0.05) is 33.9 Å². The monoisotopic (exact) mass is 396 g/mol. The maximum atomic E-state index is 12.8. The van der Waals surface area contributed by atoms with Crippen LogP contribution in [-0.4, -0.2) is 58.6 Å². The molecule has 0 aliphatic carbocycles. The van der Waals surface area contributed by atoms with Crippen LogP contribution in [0.3, 0.4) is 0 Å². The predicted octanol–water partition coefficient (Wildman–Crippen LogP) is 1.13. The molecule has 0 radical (unpaired) electrons. The van der Waals surface area contributed by atoms with Crippen molar-refractivity contribution in [3.63, 3.8) is 0 Å². The molecule has 11 nitrogen and oxygen atoms in total. The molecule has 29 heavy (non-hydrogen) atoms. The number of nitrogens with zero attached hydrogens (tertiary/aromatic N) is 6. The van der Waals surface area contributed by atoms with Crippen LogP contribution < -0.4 is 26.6 Å². The fourth-order valence-electron chi connectivity index (χ4n) is 2.51. The van der Waals surface area contributed by atoms with Gasteiger partial charge in [-0.3, -0.25) is 9.48 Å². The molecule has 3 aromatic rings. The molecule has 0 atom stereocenters. The second kappa shape index (κ2) is 8.97. The smallest absolute Gasteiger partial charge is 0.260 e. The minimum Gasteiger partial charge on any atom is -0.373 e. The third-order valence-electron chi connectivity index (χ3n) is 4.00. The Hall–Kier alpha value is -3.73. The van der Waals surface area contributed by atoms with Gasteiger partial charge in [0.1, 0.15) is 11.6 Å². The largest absolute Gasteiger partial charge is 0.373 e. The second-order valence-corrected chi connectivity index (χ2v) is 6.37. The van der Waals surface area contributed by atoms with Crippen LogP contribution in [-0.2, 0) is 6.54 Å². The number of amides is 1. The van der Waals surface area contributed by atoms with Crippen LogP contribution in [0.2, 0.25) is 0 Å². The van der Waals surface area contributed by atoms with Crippen molar-refractivity contribution in [1.82, 2.24) is 25.0 Å². The van der Waals surface area contributed by atoms with Gasteiger partial charge < -0.3 is 26.6 Å². The van der Waals surface area contributed by atoms with Gasteiger partial charge >= 0.3 is 0 Å². The van der Waals surface area contributed by atoms with E-state index >= 15 is 0 Å². The Morgan fingerprint density at radius 1 is 1.17 bits per heavy atom. The molecular weight excluding hydrogens is 372 g/mol. The van der Waals surface area contributed by atoms with Gasteiger partial charge in [0.05, 0.1) is 24.0 Å². The fourth-order valence-corrected chi connectivity index (χ4v) is 2.51. The summed E-state index contributed by atoms with van der Waals surface area (Å²) in [6, 6.07) is 6.87. The Balaban J connectivity index is 1.82. The van der Waals surface area contributed by atoms with Gasteiger partial charge in [-0.2, -0.15) is 5.10 Å². The van der Waals surface area contributed by atoms with E-state index in [0.29, 0.717) is 47.6 Å². The van der Waals surface area contributed by atoms with Crippen LogP contribution in [0, 0.1) is 0 Å². The van der Waals surface area contributed by atoms with Crippen LogP contribution in [0.1, 0.15) is 10.4 Å². The fraction of sp³-hybridized carbons (Fsp3) is 0.278. The number of rotatable bonds is 8. The van der Waals surface area contributed by atoms with Gasteiger partial charge in [0.2, 0.25) is 0 Å². The Morgan fingerprint density at radius 3 is 2.62 bits per heavy atom. The van der Waals surface area contributed by atoms with E-state index in [4.69, 9.17) is 5.73 Å². The third kappa shape index (κ3) is 4.96. The number of anilines is 5. The average molecular weight is 396 g/mol. The Morgan fingerprint density at radius 2 is 1.97 bits per heavy atom. The Kier molecular flexibility index (Phi) is 6.19. The highest BCUT2D eigenvalue weighted by Crippen LogP contribution is 2.22. The van der Waals surface area contributed by atoms with Gasteiger partial charge in [-0.05, 0) is 24.3 Å². The van der Waals surface area contributed by atoms with Crippen molar-refractivity contribution in [3.05, 3.63) is 42.2 Å². The molecule has 3 rings (SSSR count). The molecular formula is C18H24N10O. The first-order valence-electron chi connectivity index (χ1n) is 9.01. The van der Waals surface area contributed by atoms with E-state index < -0.39 is 0 Å². The lowest BCUT2D eigenvalue weighted by atomic mass is 10.2. The van der Waals surface area contributed by atoms with E-state index in [0.717, 1.165) is 0 Å². The van der Waals surface area contributed by atoms with Crippen molar-refractivity contribution in [2.75, 3.05) is 48.5 Å². The minimum absolute atomic E-state index is 0.347. The van der Waals surface area contributed by atoms with Gasteiger partial charge in [0.15, 0.2) is 11.6 Å². The molecule has 0 fully saturated rings. The lowest BCUT2D eigenvalue weighted by molar-refractivity contribution is 0.102. The van der Waals surface area contributed by atoms with Crippen molar-refractivity contribution >= 4 is 34.9 Å². The number of nitrogens with one attached hydrogen (secondary N) is 3. The average Bonchev–Trinajstić information content (AvgIpc) is 3.15. The molecule has 152 valence electrons. The zero-order valence-electron chi connectivity index (χ0n) is 16.5. The first kappa shape index (κ1) is 20.0. The van der Waals surface area contributed by atoms with Crippen molar-refractivity contribution in [1.29, 1.82) is 0 Å². The summed E-state index contributed by atoms with van der Waals surface area (Å²) in [5.41, 5.74) is 6.61. The van der Waals surface area contributed by atoms with Gasteiger partial charge in [-0.1, -0.05) is 0 Å². The maximum absolute atomic E-state index is 12.8. The van der Waals surface area contributed by atoms with E-state index in [1.807, 2.05) is 19.0 Å². The number of hydrogen-bond donors (Lipinski definition) is 4. The highest BCUT2D eigenvalue weighted by atomic mass is 16.1. The summed E-state index contributed by atoms with van der Waals surface area (Å²) < 4.78 is 1.71. The summed E-state index contributed by atoms with van der Waals surface area (Å²) in [6.07, 6.45) is 3.45. The van der Waals surface area contributed by atoms with Crippen LogP contribution in [0.4, 0.5) is 29.0 Å². The second-order valence-electron chi connectivity index (χ2n) is 6.37. The van der Waals surface area contributed by atoms with E-state index in [1.165, 1.54) is 0 Å². The molecule has 0 spiro atoms. The van der Waals surface area contributed by atoms with Crippen LogP contribution in [0.5, 0.6) is 0 Å². The molecule has 3 heterocycles. The molecule has 0 bridgehead atoms. The molecule has 0 unspecified atom stereocenters. The lowest BCUT2D eigenvalue weighted by Gasteiger charge is -2.13. The van der Waals surface area contributed by atoms with Crippen molar-refractivity contribution in [2.24, 2.45) is 5.73 Å². The predicted molar refractivity (Wildman–Crippen MR) is 113 cm³/mol. The minimum atomic E-state index is -0.357. The highest BCUT2D eigenvalue weighted by molar-refractivity contribution is 6.07. The number of pyridine rings is 1. The van der Waals surface area contributed by atoms with Crippen LogP contribution in [0.25, 0.3) is 0 Å². The molecule has 0 aliphatic heterocycles. The third-order valence-corrected chi connectivity index (χ3v) is 4.00. The van der Waals surface area contributed by atoms with E-state index in [-0.39, 0.29) is 5.91 Å². The zero-order chi connectivity index (χ0) is 20.8. The standard InChI is InChI=1S/C18H24N10O/c1-20-14-5-4-13(17(23-14)22-12-10-21-28(11-12)9-8-19)18(29)24-15-6-7-16(26-25-15)27(2)3/h4-7,10-11H,8-9,19H2,1-3H3,(H2,20,22,23)(H,24,25,29). The van der Waals surface area contributed by atoms with Crippen LogP contribution in [0.15, 0.2) is 36.7 Å². The number of carbonyl (C=O) groups is 1. The summed E-state index contributed by atoms with van der Waals surface area (Å²) in [4.78, 5) is 19.1. The SMILES string of the molecule is CNc1ccc(C(=O)Nc2ccc(N(C)C)nn2)c(Nc2cnn(CCN)c2)n1. The topological polar surface area (TPSA) is 139 Å². The summed E-state index contributed by atoms with van der Waals surface area (Å²) in [5.74, 6) is 1.69. The van der Waals surface area contributed by atoms with E-state index in [9.17, 15) is 4.79 Å². The normalized spacial score (nSPS) is 10.5. The van der Waals surface area contributed by atoms with Crippen molar-refractivity contribution < 1.29 is 4.79 Å². The lowest BCUT2D eigenvalue weighted by Crippen LogP contribution is -2.17. The molecule has 5 N–H and O–H groups in total. The Labute approximate surface area is 168 Å². The quantitative estimate of drug-likeness (QED) is 0.441. The molecule has 0 saturated carbocycles. The summed E-state index contributed by atoms with van der Waals surface area (Å²) in [5, 5.41) is 21.2. The zero-order valence-corrected chi connectivity index (χ0v) is 16.5. The van der Waals surface area contributed by atoms with Gasteiger partial charge in [0.25, 0.3) is 5.91 Å². The molecule has 1 amide bonds. The van der Waals surface area contributed by atoms with Crippen molar-refractivity contribution in [3.8, 4) is 0 Å². The molecule has 0 aliphatic rings. The molecule has 11 heteroatoms. The first-order valence-corrected chi connectivity index (χ1v) is 9.01. The maximum Gasteiger partial charge on any atom is 0.260 e. The summed E-state index contributed by atoms with van der Waals surface area (Å²) in [7, 11) is 5.49. The molecule has 3 aromatic heterocycles. The van der Waals surface area contributed by atoms with Gasteiger partial charge in [-0.25, -0.2) is 4.98 Å². The summed E-state index contributed by atoms with van der Waals surface area (Å²) in [6.45, 7) is 1.08. The molecule has 0 saturated heterocycles. The van der Waals surface area contributed by atoms with E-state index in [1.54, 1.807) is 48.4 Å². The molecule has 0 aromatic carbocycles. The van der Waals surface area contributed by atoms with Gasteiger partial charge in [-0.15, -0.1) is 10.2 Å². The first-order chi connectivity index (χ1) is 14.0.